The van der Waals surface area contributed by atoms with E-state index in [1.54, 1.807) is 6.07 Å². The predicted molar refractivity (Wildman–Crippen MR) is 109 cm³/mol. The molecule has 0 aliphatic carbocycles. The molecule has 6 nitrogen and oxygen atoms in total. The average molecular weight is 390 g/mol. The van der Waals surface area contributed by atoms with E-state index in [1.165, 1.54) is 35.4 Å². The Morgan fingerprint density at radius 3 is 1.90 bits per heavy atom. The molecule has 0 atom stereocenters. The summed E-state index contributed by atoms with van der Waals surface area (Å²) in [5.41, 5.74) is 3.13. The number of nitro groups is 1. The van der Waals surface area contributed by atoms with Crippen molar-refractivity contribution in [1.29, 1.82) is 0 Å². The van der Waals surface area contributed by atoms with E-state index in [0.29, 0.717) is 5.56 Å². The normalized spacial score (nSPS) is 10.2. The van der Waals surface area contributed by atoms with Gasteiger partial charge in [-0.15, -0.1) is 0 Å². The van der Waals surface area contributed by atoms with Gasteiger partial charge in [0.15, 0.2) is 0 Å². The number of hydrogen-bond acceptors (Lipinski definition) is 4. The SMILES string of the molecule is O=C([O-])/C=C/c1cccc([N+](=O)[O-])c1.c1ccc(C[NH2+]Cc2ccccc2)cc1. The summed E-state index contributed by atoms with van der Waals surface area (Å²) in [7, 11) is 0. The van der Waals surface area contributed by atoms with Crippen LogP contribution in [0.25, 0.3) is 6.08 Å². The van der Waals surface area contributed by atoms with Crippen molar-refractivity contribution in [3.63, 3.8) is 0 Å². The number of nitrogens with two attached hydrogens (primary N) is 1. The summed E-state index contributed by atoms with van der Waals surface area (Å²) in [6, 6.07) is 26.8. The van der Waals surface area contributed by atoms with Crippen LogP contribution in [0.4, 0.5) is 5.69 Å². The molecule has 0 spiro atoms. The topological polar surface area (TPSA) is 99.9 Å². The minimum atomic E-state index is -1.34. The second-order valence-corrected chi connectivity index (χ2v) is 6.17. The second-order valence-electron chi connectivity index (χ2n) is 6.17. The molecular formula is C23H22N2O4. The van der Waals surface area contributed by atoms with Crippen LogP contribution in [-0.2, 0) is 17.9 Å². The van der Waals surface area contributed by atoms with Crippen molar-refractivity contribution in [3.05, 3.63) is 118 Å². The molecule has 0 fully saturated rings. The van der Waals surface area contributed by atoms with Crippen LogP contribution < -0.4 is 10.4 Å². The first-order valence-electron chi connectivity index (χ1n) is 9.07. The number of carbonyl (C=O) groups is 1. The highest BCUT2D eigenvalue weighted by Crippen LogP contribution is 2.13. The zero-order chi connectivity index (χ0) is 20.9. The van der Waals surface area contributed by atoms with Gasteiger partial charge < -0.3 is 15.2 Å². The van der Waals surface area contributed by atoms with Crippen LogP contribution >= 0.6 is 0 Å². The van der Waals surface area contributed by atoms with E-state index in [-0.39, 0.29) is 5.69 Å². The maximum Gasteiger partial charge on any atom is 0.270 e. The molecule has 0 amide bonds. The van der Waals surface area contributed by atoms with E-state index < -0.39 is 10.9 Å². The lowest BCUT2D eigenvalue weighted by molar-refractivity contribution is -0.686. The van der Waals surface area contributed by atoms with E-state index in [9.17, 15) is 20.0 Å². The van der Waals surface area contributed by atoms with Crippen LogP contribution in [0.3, 0.4) is 0 Å². The van der Waals surface area contributed by atoms with E-state index in [1.807, 2.05) is 0 Å². The molecule has 0 unspecified atom stereocenters. The van der Waals surface area contributed by atoms with Crippen molar-refractivity contribution in [2.24, 2.45) is 0 Å². The quantitative estimate of drug-likeness (QED) is 0.380. The number of nitro benzene ring substituents is 1. The van der Waals surface area contributed by atoms with Crippen molar-refractivity contribution < 1.29 is 20.1 Å². The standard InChI is InChI=1S/C14H15N.C9H7NO4/c1-3-7-13(8-4-1)11-15-12-14-9-5-2-6-10-14;11-9(12)5-4-7-2-1-3-8(6-7)10(13)14/h1-10,15H,11-12H2;1-6H,(H,11,12)/b;5-4+. The Balaban J connectivity index is 0.000000208. The molecule has 3 aromatic rings. The molecule has 0 aromatic heterocycles. The largest absolute Gasteiger partial charge is 0.545 e. The molecule has 0 aliphatic rings. The summed E-state index contributed by atoms with van der Waals surface area (Å²) in [6.07, 6.45) is 2.06. The molecule has 148 valence electrons. The van der Waals surface area contributed by atoms with Crippen LogP contribution in [0.2, 0.25) is 0 Å². The Morgan fingerprint density at radius 1 is 0.862 bits per heavy atom. The predicted octanol–water partition coefficient (Wildman–Crippen LogP) is 2.31. The lowest BCUT2D eigenvalue weighted by Gasteiger charge is -2.01. The van der Waals surface area contributed by atoms with Gasteiger partial charge in [0.05, 0.1) is 10.9 Å². The molecular weight excluding hydrogens is 368 g/mol. The van der Waals surface area contributed by atoms with Crippen LogP contribution in [0.15, 0.2) is 91.0 Å². The number of carboxylic acid groups (broad SMARTS) is 1. The van der Waals surface area contributed by atoms with E-state index in [4.69, 9.17) is 0 Å². The minimum Gasteiger partial charge on any atom is -0.545 e. The monoisotopic (exact) mass is 390 g/mol. The summed E-state index contributed by atoms with van der Waals surface area (Å²) in [5.74, 6) is -1.34. The minimum absolute atomic E-state index is 0.0782. The fraction of sp³-hybridized carbons (Fsp3) is 0.0870. The maximum atomic E-state index is 10.3. The molecule has 3 aromatic carbocycles. The van der Waals surface area contributed by atoms with Crippen molar-refractivity contribution >= 4 is 17.7 Å². The van der Waals surface area contributed by atoms with Crippen LogP contribution in [0, 0.1) is 10.1 Å². The van der Waals surface area contributed by atoms with Gasteiger partial charge in [-0.05, 0) is 11.6 Å². The highest BCUT2D eigenvalue weighted by molar-refractivity contribution is 5.83. The maximum absolute atomic E-state index is 10.3. The number of carbonyl (C=O) groups excluding carboxylic acids is 1. The number of nitrogens with zero attached hydrogens (tertiary/aromatic N) is 1. The molecule has 0 heterocycles. The molecule has 3 rings (SSSR count). The zero-order valence-corrected chi connectivity index (χ0v) is 15.8. The van der Waals surface area contributed by atoms with Gasteiger partial charge in [-0.3, -0.25) is 10.1 Å². The smallest absolute Gasteiger partial charge is 0.270 e. The number of aliphatic carboxylic acids is 1. The number of hydrogen-bond donors (Lipinski definition) is 1. The summed E-state index contributed by atoms with van der Waals surface area (Å²) in [4.78, 5) is 19.9. The lowest BCUT2D eigenvalue weighted by atomic mass is 10.2. The first-order valence-corrected chi connectivity index (χ1v) is 9.07. The lowest BCUT2D eigenvalue weighted by Crippen LogP contribution is -2.80. The van der Waals surface area contributed by atoms with Crippen LogP contribution in [0.1, 0.15) is 16.7 Å². The van der Waals surface area contributed by atoms with Crippen LogP contribution in [0.5, 0.6) is 0 Å². The third-order valence-electron chi connectivity index (χ3n) is 3.94. The molecule has 0 saturated carbocycles. The summed E-state index contributed by atoms with van der Waals surface area (Å²) in [5, 5.41) is 22.7. The first-order chi connectivity index (χ1) is 14.0. The molecule has 2 N–H and O–H groups in total. The molecule has 0 saturated heterocycles. The summed E-state index contributed by atoms with van der Waals surface area (Å²) in [6.45, 7) is 2.10. The zero-order valence-electron chi connectivity index (χ0n) is 15.8. The van der Waals surface area contributed by atoms with Gasteiger partial charge in [0.2, 0.25) is 0 Å². The molecule has 0 bridgehead atoms. The Bertz CT molecular complexity index is 902. The fourth-order valence-corrected chi connectivity index (χ4v) is 2.54. The van der Waals surface area contributed by atoms with Gasteiger partial charge in [-0.1, -0.05) is 78.9 Å². The summed E-state index contributed by atoms with van der Waals surface area (Å²) < 4.78 is 0. The molecule has 6 heteroatoms. The third kappa shape index (κ3) is 8.64. The Labute approximate surface area is 169 Å². The van der Waals surface area contributed by atoms with E-state index >= 15 is 0 Å². The Hall–Kier alpha value is -3.77. The second kappa shape index (κ2) is 11.8. The van der Waals surface area contributed by atoms with Gasteiger partial charge in [-0.25, -0.2) is 0 Å². The van der Waals surface area contributed by atoms with Gasteiger partial charge in [-0.2, -0.15) is 0 Å². The van der Waals surface area contributed by atoms with Crippen LogP contribution in [-0.4, -0.2) is 10.9 Å². The van der Waals surface area contributed by atoms with Gasteiger partial charge >= 0.3 is 0 Å². The number of carboxylic acids is 1. The number of rotatable bonds is 7. The van der Waals surface area contributed by atoms with Gasteiger partial charge in [0.25, 0.3) is 5.69 Å². The van der Waals surface area contributed by atoms with Crippen molar-refractivity contribution in [1.82, 2.24) is 0 Å². The van der Waals surface area contributed by atoms with E-state index in [2.05, 4.69) is 66.0 Å². The average Bonchev–Trinajstić information content (AvgIpc) is 2.74. The van der Waals surface area contributed by atoms with Crippen molar-refractivity contribution in [2.75, 3.05) is 0 Å². The highest BCUT2D eigenvalue weighted by Gasteiger charge is 2.03. The molecule has 29 heavy (non-hydrogen) atoms. The highest BCUT2D eigenvalue weighted by atomic mass is 16.6. The van der Waals surface area contributed by atoms with Crippen molar-refractivity contribution in [3.8, 4) is 0 Å². The Kier molecular flexibility index (Phi) is 8.79. The van der Waals surface area contributed by atoms with Gasteiger partial charge in [0.1, 0.15) is 13.1 Å². The number of quaternary nitrogens is 1. The molecule has 0 radical (unpaired) electrons. The van der Waals surface area contributed by atoms with Gasteiger partial charge in [0, 0.05) is 23.3 Å². The first kappa shape index (κ1) is 21.5. The third-order valence-corrected chi connectivity index (χ3v) is 3.94. The summed E-state index contributed by atoms with van der Waals surface area (Å²) >= 11 is 0. The van der Waals surface area contributed by atoms with E-state index in [0.717, 1.165) is 19.2 Å². The van der Waals surface area contributed by atoms with Crippen molar-refractivity contribution in [2.45, 2.75) is 13.1 Å². The fourth-order valence-electron chi connectivity index (χ4n) is 2.54. The Morgan fingerprint density at radius 2 is 1.41 bits per heavy atom. The number of non-ortho nitro benzene ring substituents is 1. The molecule has 0 aliphatic heterocycles. The number of benzene rings is 3.